The minimum Gasteiger partial charge on any atom is -0.313 e. The van der Waals surface area contributed by atoms with E-state index < -0.39 is 0 Å². The number of nitrogens with one attached hydrogen (secondary N) is 1. The molecule has 0 spiro atoms. The molecule has 17 heavy (non-hydrogen) atoms. The summed E-state index contributed by atoms with van der Waals surface area (Å²) in [6.45, 7) is 3.47. The second-order valence-corrected chi connectivity index (χ2v) is 5.95. The average molecular weight is 250 g/mol. The van der Waals surface area contributed by atoms with Crippen molar-refractivity contribution in [1.29, 1.82) is 0 Å². The van der Waals surface area contributed by atoms with E-state index in [0.29, 0.717) is 0 Å². The molecule has 2 unspecified atom stereocenters. The number of nitrogens with zero attached hydrogens (tertiary/aromatic N) is 1. The molecule has 0 amide bonds. The van der Waals surface area contributed by atoms with Gasteiger partial charge in [-0.3, -0.25) is 0 Å². The first kappa shape index (κ1) is 12.9. The molecule has 0 radical (unpaired) electrons. The summed E-state index contributed by atoms with van der Waals surface area (Å²) in [6.07, 6.45) is 7.43. The fourth-order valence-electron chi connectivity index (χ4n) is 2.45. The van der Waals surface area contributed by atoms with E-state index in [1.165, 1.54) is 25.7 Å². The van der Waals surface area contributed by atoms with Crippen LogP contribution in [-0.4, -0.2) is 23.3 Å². The quantitative estimate of drug-likeness (QED) is 0.641. The van der Waals surface area contributed by atoms with Crippen LogP contribution in [0.15, 0.2) is 29.4 Å². The van der Waals surface area contributed by atoms with Gasteiger partial charge in [0.15, 0.2) is 0 Å². The monoisotopic (exact) mass is 250 g/mol. The Kier molecular flexibility index (Phi) is 5.33. The van der Waals surface area contributed by atoms with Crippen LogP contribution in [-0.2, 0) is 0 Å². The summed E-state index contributed by atoms with van der Waals surface area (Å²) >= 11 is 1.84. The van der Waals surface area contributed by atoms with Gasteiger partial charge in [-0.05, 0) is 30.9 Å². The molecule has 94 valence electrons. The van der Waals surface area contributed by atoms with Crippen LogP contribution in [0.25, 0.3) is 0 Å². The molecule has 0 aromatic carbocycles. The van der Waals surface area contributed by atoms with Gasteiger partial charge >= 0.3 is 0 Å². The molecule has 2 nitrogen and oxygen atoms in total. The van der Waals surface area contributed by atoms with E-state index in [0.717, 1.165) is 29.3 Å². The maximum atomic E-state index is 4.31. The molecule has 1 aromatic heterocycles. The molecule has 1 heterocycles. The number of hydrogen-bond acceptors (Lipinski definition) is 3. The Labute approximate surface area is 109 Å². The molecule has 1 aliphatic carbocycles. The SMILES string of the molecule is CC1CCCCC1NCCSc1ccccn1. The second kappa shape index (κ2) is 7.02. The van der Waals surface area contributed by atoms with E-state index in [2.05, 4.69) is 23.3 Å². The van der Waals surface area contributed by atoms with Crippen LogP contribution in [0.3, 0.4) is 0 Å². The van der Waals surface area contributed by atoms with E-state index in [1.54, 1.807) is 0 Å². The van der Waals surface area contributed by atoms with Gasteiger partial charge in [0.1, 0.15) is 0 Å². The second-order valence-electron chi connectivity index (χ2n) is 4.84. The maximum absolute atomic E-state index is 4.31. The Morgan fingerprint density at radius 3 is 3.00 bits per heavy atom. The van der Waals surface area contributed by atoms with E-state index in [1.807, 2.05) is 30.1 Å². The van der Waals surface area contributed by atoms with Crippen molar-refractivity contribution < 1.29 is 0 Å². The third-order valence-corrected chi connectivity index (χ3v) is 4.45. The predicted octanol–water partition coefficient (Wildman–Crippen LogP) is 3.34. The molecular formula is C14H22N2S. The number of hydrogen-bond donors (Lipinski definition) is 1. The smallest absolute Gasteiger partial charge is 0.0960 e. The van der Waals surface area contributed by atoms with Gasteiger partial charge in [0.25, 0.3) is 0 Å². The van der Waals surface area contributed by atoms with Crippen molar-refractivity contribution in [3.63, 3.8) is 0 Å². The van der Waals surface area contributed by atoms with Gasteiger partial charge in [0.2, 0.25) is 0 Å². The Bertz CT molecular complexity index is 315. The zero-order valence-corrected chi connectivity index (χ0v) is 11.4. The molecular weight excluding hydrogens is 228 g/mol. The predicted molar refractivity (Wildman–Crippen MR) is 74.4 cm³/mol. The largest absolute Gasteiger partial charge is 0.313 e. The van der Waals surface area contributed by atoms with Gasteiger partial charge in [0, 0.05) is 24.5 Å². The van der Waals surface area contributed by atoms with Gasteiger partial charge < -0.3 is 5.32 Å². The van der Waals surface area contributed by atoms with E-state index >= 15 is 0 Å². The third kappa shape index (κ3) is 4.32. The van der Waals surface area contributed by atoms with Crippen LogP contribution in [0.5, 0.6) is 0 Å². The van der Waals surface area contributed by atoms with Crippen molar-refractivity contribution in [1.82, 2.24) is 10.3 Å². The topological polar surface area (TPSA) is 24.9 Å². The average Bonchev–Trinajstić information content (AvgIpc) is 2.38. The van der Waals surface area contributed by atoms with Crippen LogP contribution in [0.1, 0.15) is 32.6 Å². The normalized spacial score (nSPS) is 24.8. The van der Waals surface area contributed by atoms with Gasteiger partial charge in [-0.1, -0.05) is 25.8 Å². The van der Waals surface area contributed by atoms with Crippen LogP contribution in [0.4, 0.5) is 0 Å². The van der Waals surface area contributed by atoms with Crippen molar-refractivity contribution >= 4 is 11.8 Å². The van der Waals surface area contributed by atoms with Crippen molar-refractivity contribution in [2.45, 2.75) is 43.7 Å². The Hall–Kier alpha value is -0.540. The summed E-state index contributed by atoms with van der Waals surface area (Å²) in [6, 6.07) is 6.83. The fraction of sp³-hybridized carbons (Fsp3) is 0.643. The third-order valence-electron chi connectivity index (χ3n) is 3.51. The molecule has 1 fully saturated rings. The molecule has 0 saturated heterocycles. The summed E-state index contributed by atoms with van der Waals surface area (Å²) in [5, 5.41) is 4.82. The van der Waals surface area contributed by atoms with E-state index in [9.17, 15) is 0 Å². The lowest BCUT2D eigenvalue weighted by Crippen LogP contribution is -2.38. The molecule has 1 saturated carbocycles. The molecule has 0 aliphatic heterocycles. The lowest BCUT2D eigenvalue weighted by Gasteiger charge is -2.29. The standard InChI is InChI=1S/C14H22N2S/c1-12-6-2-3-7-13(12)15-10-11-17-14-8-4-5-9-16-14/h4-5,8-9,12-13,15H,2-3,6-7,10-11H2,1H3. The minimum atomic E-state index is 0.744. The van der Waals surface area contributed by atoms with Crippen LogP contribution in [0, 0.1) is 5.92 Å². The van der Waals surface area contributed by atoms with Crippen molar-refractivity contribution in [2.75, 3.05) is 12.3 Å². The highest BCUT2D eigenvalue weighted by Gasteiger charge is 2.19. The molecule has 2 rings (SSSR count). The van der Waals surface area contributed by atoms with Gasteiger partial charge in [-0.15, -0.1) is 11.8 Å². The maximum Gasteiger partial charge on any atom is 0.0960 e. The first-order valence-electron chi connectivity index (χ1n) is 6.63. The molecule has 2 atom stereocenters. The number of rotatable bonds is 5. The highest BCUT2D eigenvalue weighted by atomic mass is 32.2. The first-order valence-corrected chi connectivity index (χ1v) is 7.62. The first-order chi connectivity index (χ1) is 8.36. The molecule has 1 aromatic rings. The Balaban J connectivity index is 1.63. The fourth-order valence-corrected chi connectivity index (χ4v) is 3.19. The summed E-state index contributed by atoms with van der Waals surface area (Å²) in [4.78, 5) is 4.31. The van der Waals surface area contributed by atoms with E-state index in [-0.39, 0.29) is 0 Å². The number of thioether (sulfide) groups is 1. The van der Waals surface area contributed by atoms with Crippen molar-refractivity contribution in [3.8, 4) is 0 Å². The lowest BCUT2D eigenvalue weighted by molar-refractivity contribution is 0.285. The van der Waals surface area contributed by atoms with Gasteiger partial charge in [-0.25, -0.2) is 4.98 Å². The van der Waals surface area contributed by atoms with Gasteiger partial charge in [-0.2, -0.15) is 0 Å². The Morgan fingerprint density at radius 2 is 2.24 bits per heavy atom. The number of aromatic nitrogens is 1. The number of pyridine rings is 1. The molecule has 0 bridgehead atoms. The lowest BCUT2D eigenvalue weighted by atomic mass is 9.86. The van der Waals surface area contributed by atoms with E-state index in [4.69, 9.17) is 0 Å². The Morgan fingerprint density at radius 1 is 1.35 bits per heavy atom. The van der Waals surface area contributed by atoms with Crippen LogP contribution >= 0.6 is 11.8 Å². The zero-order chi connectivity index (χ0) is 11.9. The highest BCUT2D eigenvalue weighted by Crippen LogP contribution is 2.23. The summed E-state index contributed by atoms with van der Waals surface area (Å²) in [5.41, 5.74) is 0. The van der Waals surface area contributed by atoms with Crippen LogP contribution in [0.2, 0.25) is 0 Å². The van der Waals surface area contributed by atoms with Crippen molar-refractivity contribution in [2.24, 2.45) is 5.92 Å². The van der Waals surface area contributed by atoms with Crippen LogP contribution < -0.4 is 5.32 Å². The molecule has 1 aliphatic rings. The summed E-state index contributed by atoms with van der Waals surface area (Å²) in [5.74, 6) is 1.96. The minimum absolute atomic E-state index is 0.744. The summed E-state index contributed by atoms with van der Waals surface area (Å²) < 4.78 is 0. The van der Waals surface area contributed by atoms with Crippen molar-refractivity contribution in [3.05, 3.63) is 24.4 Å². The molecule has 1 N–H and O–H groups in total. The van der Waals surface area contributed by atoms with Gasteiger partial charge in [0.05, 0.1) is 5.03 Å². The highest BCUT2D eigenvalue weighted by molar-refractivity contribution is 7.99. The summed E-state index contributed by atoms with van der Waals surface area (Å²) in [7, 11) is 0. The molecule has 3 heteroatoms. The zero-order valence-electron chi connectivity index (χ0n) is 10.6.